The van der Waals surface area contributed by atoms with Crippen LogP contribution in [0.15, 0.2) is 28.7 Å². The molecule has 106 valence electrons. The molecule has 1 aliphatic carbocycles. The van der Waals surface area contributed by atoms with Crippen LogP contribution < -0.4 is 5.32 Å². The van der Waals surface area contributed by atoms with Crippen molar-refractivity contribution in [1.29, 1.82) is 0 Å². The third-order valence-corrected chi connectivity index (χ3v) is 4.37. The monoisotopic (exact) mass is 291 g/mol. The van der Waals surface area contributed by atoms with Gasteiger partial charge in [0, 0.05) is 16.5 Å². The van der Waals surface area contributed by atoms with E-state index in [-0.39, 0.29) is 11.9 Å². The maximum Gasteiger partial charge on any atom is 0.287 e. The van der Waals surface area contributed by atoms with Crippen molar-refractivity contribution in [3.63, 3.8) is 0 Å². The lowest BCUT2D eigenvalue weighted by molar-refractivity contribution is 0.0884. The van der Waals surface area contributed by atoms with Crippen LogP contribution in [0.2, 0.25) is 5.02 Å². The van der Waals surface area contributed by atoms with Crippen LogP contribution in [0.1, 0.15) is 43.2 Å². The molecule has 2 aromatic rings. The summed E-state index contributed by atoms with van der Waals surface area (Å²) in [6.07, 6.45) is 4.68. The average Bonchev–Trinajstić information content (AvgIpc) is 2.84. The van der Waals surface area contributed by atoms with E-state index in [9.17, 15) is 4.79 Å². The van der Waals surface area contributed by atoms with Crippen molar-refractivity contribution in [2.75, 3.05) is 0 Å². The number of carbonyl (C=O) groups excluding carboxylic acids is 1. The summed E-state index contributed by atoms with van der Waals surface area (Å²) < 4.78 is 5.59. The van der Waals surface area contributed by atoms with Gasteiger partial charge in [-0.05, 0) is 43.0 Å². The van der Waals surface area contributed by atoms with Gasteiger partial charge in [0.25, 0.3) is 5.91 Å². The van der Waals surface area contributed by atoms with Gasteiger partial charge < -0.3 is 9.73 Å². The fourth-order valence-corrected chi connectivity index (χ4v) is 3.08. The molecule has 1 fully saturated rings. The zero-order chi connectivity index (χ0) is 14.1. The lowest BCUT2D eigenvalue weighted by Crippen LogP contribution is -2.40. The number of nitrogens with one attached hydrogen (secondary N) is 1. The summed E-state index contributed by atoms with van der Waals surface area (Å²) in [6.45, 7) is 2.20. The molecule has 0 unspecified atom stereocenters. The predicted octanol–water partition coefficient (Wildman–Crippen LogP) is 4.39. The first-order valence-corrected chi connectivity index (χ1v) is 7.51. The molecule has 3 nitrogen and oxygen atoms in total. The Morgan fingerprint density at radius 1 is 1.30 bits per heavy atom. The van der Waals surface area contributed by atoms with E-state index in [4.69, 9.17) is 16.0 Å². The maximum absolute atomic E-state index is 12.3. The summed E-state index contributed by atoms with van der Waals surface area (Å²) >= 11 is 5.94. The second-order valence-electron chi connectivity index (χ2n) is 5.63. The zero-order valence-corrected chi connectivity index (χ0v) is 12.2. The van der Waals surface area contributed by atoms with Crippen LogP contribution >= 0.6 is 11.6 Å². The number of fused-ring (bicyclic) bond motifs is 1. The van der Waals surface area contributed by atoms with Crippen LogP contribution in [-0.2, 0) is 0 Å². The molecule has 0 aliphatic heterocycles. The Hall–Kier alpha value is -1.48. The second-order valence-corrected chi connectivity index (χ2v) is 6.07. The first-order chi connectivity index (χ1) is 9.63. The van der Waals surface area contributed by atoms with E-state index in [1.54, 1.807) is 24.3 Å². The molecule has 1 aromatic heterocycles. The van der Waals surface area contributed by atoms with Gasteiger partial charge >= 0.3 is 0 Å². The van der Waals surface area contributed by atoms with Crippen molar-refractivity contribution in [1.82, 2.24) is 5.32 Å². The minimum absolute atomic E-state index is 0.129. The summed E-state index contributed by atoms with van der Waals surface area (Å²) in [5, 5.41) is 4.60. The normalized spacial score (nSPS) is 22.9. The molecular weight excluding hydrogens is 274 g/mol. The molecule has 0 radical (unpaired) electrons. The Bertz CT molecular complexity index is 634. The van der Waals surface area contributed by atoms with Gasteiger partial charge in [-0.25, -0.2) is 0 Å². The number of hydrogen-bond acceptors (Lipinski definition) is 2. The fraction of sp³-hybridized carbons (Fsp3) is 0.438. The van der Waals surface area contributed by atoms with Crippen molar-refractivity contribution in [2.24, 2.45) is 5.92 Å². The number of rotatable bonds is 2. The van der Waals surface area contributed by atoms with Crippen LogP contribution in [0.25, 0.3) is 11.0 Å². The largest absolute Gasteiger partial charge is 0.451 e. The first-order valence-electron chi connectivity index (χ1n) is 7.13. The molecule has 1 N–H and O–H groups in total. The van der Waals surface area contributed by atoms with Crippen LogP contribution in [0.3, 0.4) is 0 Å². The van der Waals surface area contributed by atoms with Crippen molar-refractivity contribution in [3.8, 4) is 0 Å². The van der Waals surface area contributed by atoms with E-state index in [1.165, 1.54) is 19.3 Å². The maximum atomic E-state index is 12.3. The number of furan rings is 1. The van der Waals surface area contributed by atoms with Gasteiger partial charge in [0.05, 0.1) is 0 Å². The van der Waals surface area contributed by atoms with E-state index < -0.39 is 0 Å². The van der Waals surface area contributed by atoms with E-state index in [0.29, 0.717) is 22.3 Å². The minimum atomic E-state index is -0.129. The van der Waals surface area contributed by atoms with Gasteiger partial charge in [-0.3, -0.25) is 4.79 Å². The number of halogens is 1. The highest BCUT2D eigenvalue weighted by molar-refractivity contribution is 6.31. The van der Waals surface area contributed by atoms with Gasteiger partial charge in [0.15, 0.2) is 5.76 Å². The fourth-order valence-electron chi connectivity index (χ4n) is 2.90. The Labute approximate surface area is 123 Å². The van der Waals surface area contributed by atoms with Gasteiger partial charge in [-0.2, -0.15) is 0 Å². The molecule has 4 heteroatoms. The Kier molecular flexibility index (Phi) is 3.70. The Morgan fingerprint density at radius 2 is 2.10 bits per heavy atom. The van der Waals surface area contributed by atoms with Crippen LogP contribution in [0.4, 0.5) is 0 Å². The number of hydrogen-bond donors (Lipinski definition) is 1. The third kappa shape index (κ3) is 2.68. The molecule has 2 atom stereocenters. The predicted molar refractivity (Wildman–Crippen MR) is 80.1 cm³/mol. The lowest BCUT2D eigenvalue weighted by atomic mass is 9.86. The molecule has 20 heavy (non-hydrogen) atoms. The van der Waals surface area contributed by atoms with Crippen molar-refractivity contribution in [2.45, 2.75) is 38.6 Å². The number of benzene rings is 1. The molecular formula is C16H18ClNO2. The standard InChI is InChI=1S/C16H18ClNO2/c1-10-4-2-3-5-13(10)18-16(19)15-9-11-8-12(17)6-7-14(11)20-15/h6-10,13H,2-5H2,1H3,(H,18,19)/t10-,13+/m0/s1. The topological polar surface area (TPSA) is 42.2 Å². The van der Waals surface area contributed by atoms with Crippen molar-refractivity contribution in [3.05, 3.63) is 35.0 Å². The zero-order valence-electron chi connectivity index (χ0n) is 11.5. The Balaban J connectivity index is 1.78. The first kappa shape index (κ1) is 13.5. The second kappa shape index (κ2) is 5.49. The quantitative estimate of drug-likeness (QED) is 0.891. The highest BCUT2D eigenvalue weighted by Crippen LogP contribution is 2.26. The summed E-state index contributed by atoms with van der Waals surface area (Å²) in [7, 11) is 0. The molecule has 0 bridgehead atoms. The summed E-state index contributed by atoms with van der Waals surface area (Å²) in [5.41, 5.74) is 0.691. The van der Waals surface area contributed by atoms with E-state index in [2.05, 4.69) is 12.2 Å². The summed E-state index contributed by atoms with van der Waals surface area (Å²) in [4.78, 5) is 12.3. The molecule has 3 rings (SSSR count). The number of carbonyl (C=O) groups is 1. The van der Waals surface area contributed by atoms with Gasteiger partial charge in [0.1, 0.15) is 5.58 Å². The third-order valence-electron chi connectivity index (χ3n) is 4.13. The highest BCUT2D eigenvalue weighted by Gasteiger charge is 2.24. The SMILES string of the molecule is C[C@H]1CCCC[C@H]1NC(=O)c1cc2cc(Cl)ccc2o1. The lowest BCUT2D eigenvalue weighted by Gasteiger charge is -2.29. The highest BCUT2D eigenvalue weighted by atomic mass is 35.5. The van der Waals surface area contributed by atoms with E-state index in [0.717, 1.165) is 11.8 Å². The molecule has 1 heterocycles. The van der Waals surface area contributed by atoms with Crippen molar-refractivity contribution < 1.29 is 9.21 Å². The average molecular weight is 292 g/mol. The van der Waals surface area contributed by atoms with Crippen LogP contribution in [0.5, 0.6) is 0 Å². The molecule has 1 amide bonds. The minimum Gasteiger partial charge on any atom is -0.451 e. The molecule has 1 aromatic carbocycles. The van der Waals surface area contributed by atoms with Crippen LogP contribution in [-0.4, -0.2) is 11.9 Å². The summed E-state index contributed by atoms with van der Waals surface area (Å²) in [5.74, 6) is 0.766. The van der Waals surface area contributed by atoms with Gasteiger partial charge in [0.2, 0.25) is 0 Å². The van der Waals surface area contributed by atoms with Gasteiger partial charge in [-0.1, -0.05) is 31.4 Å². The smallest absolute Gasteiger partial charge is 0.287 e. The van der Waals surface area contributed by atoms with Gasteiger partial charge in [-0.15, -0.1) is 0 Å². The van der Waals surface area contributed by atoms with E-state index in [1.807, 2.05) is 0 Å². The number of amides is 1. The summed E-state index contributed by atoms with van der Waals surface area (Å²) in [6, 6.07) is 7.37. The van der Waals surface area contributed by atoms with E-state index >= 15 is 0 Å². The van der Waals surface area contributed by atoms with Crippen molar-refractivity contribution >= 4 is 28.5 Å². The molecule has 1 aliphatic rings. The molecule has 0 spiro atoms. The molecule has 1 saturated carbocycles. The Morgan fingerprint density at radius 3 is 2.90 bits per heavy atom. The van der Waals surface area contributed by atoms with Crippen LogP contribution in [0, 0.1) is 5.92 Å². The molecule has 0 saturated heterocycles.